The van der Waals surface area contributed by atoms with Gasteiger partial charge in [0.05, 0.1) is 5.56 Å². The van der Waals surface area contributed by atoms with Crippen LogP contribution < -0.4 is 11.1 Å². The molecule has 98 valence electrons. The van der Waals surface area contributed by atoms with Gasteiger partial charge in [0.25, 0.3) is 5.91 Å². The SMILES string of the molecule is Cc1cccnc1NC(=O)c1cc(F)c(F)cc1N. The number of nitrogens with one attached hydrogen (secondary N) is 1. The third-order valence-corrected chi connectivity index (χ3v) is 2.58. The van der Waals surface area contributed by atoms with E-state index in [1.54, 1.807) is 19.1 Å². The summed E-state index contributed by atoms with van der Waals surface area (Å²) in [6.07, 6.45) is 1.51. The van der Waals surface area contributed by atoms with Crippen molar-refractivity contribution in [2.24, 2.45) is 0 Å². The van der Waals surface area contributed by atoms with Gasteiger partial charge in [0.15, 0.2) is 11.6 Å². The van der Waals surface area contributed by atoms with Gasteiger partial charge in [0, 0.05) is 18.0 Å². The van der Waals surface area contributed by atoms with Crippen molar-refractivity contribution in [3.63, 3.8) is 0 Å². The molecule has 1 amide bonds. The summed E-state index contributed by atoms with van der Waals surface area (Å²) in [5.74, 6) is -2.52. The van der Waals surface area contributed by atoms with Gasteiger partial charge in [-0.05, 0) is 24.6 Å². The maximum absolute atomic E-state index is 13.1. The number of aromatic nitrogens is 1. The number of anilines is 2. The van der Waals surface area contributed by atoms with Crippen molar-refractivity contribution in [1.82, 2.24) is 4.98 Å². The lowest BCUT2D eigenvalue weighted by Gasteiger charge is -2.09. The number of nitrogens with two attached hydrogens (primary N) is 1. The molecule has 0 unspecified atom stereocenters. The first kappa shape index (κ1) is 12.9. The number of carbonyl (C=O) groups is 1. The summed E-state index contributed by atoms with van der Waals surface area (Å²) in [7, 11) is 0. The second kappa shape index (κ2) is 5.01. The largest absolute Gasteiger partial charge is 0.398 e. The van der Waals surface area contributed by atoms with E-state index in [9.17, 15) is 13.6 Å². The predicted molar refractivity (Wildman–Crippen MR) is 67.7 cm³/mol. The van der Waals surface area contributed by atoms with E-state index >= 15 is 0 Å². The van der Waals surface area contributed by atoms with E-state index in [-0.39, 0.29) is 11.3 Å². The van der Waals surface area contributed by atoms with Gasteiger partial charge < -0.3 is 11.1 Å². The summed E-state index contributed by atoms with van der Waals surface area (Å²) in [4.78, 5) is 15.9. The number of aryl methyl sites for hydroxylation is 1. The molecule has 3 N–H and O–H groups in total. The molecule has 0 saturated heterocycles. The Kier molecular flexibility index (Phi) is 3.41. The number of benzene rings is 1. The van der Waals surface area contributed by atoms with Crippen molar-refractivity contribution < 1.29 is 13.6 Å². The number of nitrogens with zero attached hydrogens (tertiary/aromatic N) is 1. The number of pyridine rings is 1. The number of nitrogen functional groups attached to an aromatic ring is 1. The average molecular weight is 263 g/mol. The molecule has 0 radical (unpaired) electrons. The van der Waals surface area contributed by atoms with Crippen molar-refractivity contribution in [3.05, 3.63) is 53.2 Å². The Hall–Kier alpha value is -2.50. The van der Waals surface area contributed by atoms with E-state index in [2.05, 4.69) is 10.3 Å². The van der Waals surface area contributed by atoms with Gasteiger partial charge in [-0.1, -0.05) is 6.07 Å². The summed E-state index contributed by atoms with van der Waals surface area (Å²) in [6, 6.07) is 5.02. The Morgan fingerprint density at radius 3 is 2.68 bits per heavy atom. The fourth-order valence-corrected chi connectivity index (χ4v) is 1.55. The predicted octanol–water partition coefficient (Wildman–Crippen LogP) is 2.50. The number of hydrogen-bond acceptors (Lipinski definition) is 3. The zero-order valence-electron chi connectivity index (χ0n) is 10.1. The maximum Gasteiger partial charge on any atom is 0.259 e. The van der Waals surface area contributed by atoms with Gasteiger partial charge >= 0.3 is 0 Å². The standard InChI is InChI=1S/C13H11F2N3O/c1-7-3-2-4-17-12(7)18-13(19)8-5-9(14)10(15)6-11(8)16/h2-6H,16H2,1H3,(H,17,18,19). The first-order chi connectivity index (χ1) is 8.99. The van der Waals surface area contributed by atoms with Crippen LogP contribution in [-0.4, -0.2) is 10.9 Å². The lowest BCUT2D eigenvalue weighted by Crippen LogP contribution is -2.16. The number of carbonyl (C=O) groups excluding carboxylic acids is 1. The molecule has 0 aliphatic rings. The van der Waals surface area contributed by atoms with Crippen LogP contribution in [0.3, 0.4) is 0 Å². The second-order valence-electron chi connectivity index (χ2n) is 3.98. The molecule has 0 aliphatic carbocycles. The smallest absolute Gasteiger partial charge is 0.259 e. The highest BCUT2D eigenvalue weighted by atomic mass is 19.2. The van der Waals surface area contributed by atoms with E-state index in [4.69, 9.17) is 5.73 Å². The van der Waals surface area contributed by atoms with E-state index in [0.29, 0.717) is 5.82 Å². The summed E-state index contributed by atoms with van der Waals surface area (Å²) in [5.41, 5.74) is 5.97. The van der Waals surface area contributed by atoms with Crippen LogP contribution in [0.5, 0.6) is 0 Å². The Balaban J connectivity index is 2.31. The van der Waals surface area contributed by atoms with Crippen LogP contribution in [0.25, 0.3) is 0 Å². The molecule has 19 heavy (non-hydrogen) atoms. The molecule has 0 saturated carbocycles. The number of hydrogen-bond donors (Lipinski definition) is 2. The fraction of sp³-hybridized carbons (Fsp3) is 0.0769. The monoisotopic (exact) mass is 263 g/mol. The van der Waals surface area contributed by atoms with Crippen LogP contribution in [-0.2, 0) is 0 Å². The molecule has 1 heterocycles. The second-order valence-corrected chi connectivity index (χ2v) is 3.98. The van der Waals surface area contributed by atoms with E-state index in [0.717, 1.165) is 17.7 Å². The number of rotatable bonds is 2. The molecule has 0 aliphatic heterocycles. The molecule has 1 aromatic carbocycles. The van der Waals surface area contributed by atoms with Crippen LogP contribution in [0.1, 0.15) is 15.9 Å². The third kappa shape index (κ3) is 2.67. The van der Waals surface area contributed by atoms with Gasteiger partial charge in [-0.3, -0.25) is 4.79 Å². The normalized spacial score (nSPS) is 10.3. The Bertz CT molecular complexity index is 644. The third-order valence-electron chi connectivity index (χ3n) is 2.58. The molecular formula is C13H11F2N3O. The summed E-state index contributed by atoms with van der Waals surface area (Å²) in [6.45, 7) is 1.76. The minimum Gasteiger partial charge on any atom is -0.398 e. The van der Waals surface area contributed by atoms with Gasteiger partial charge in [-0.2, -0.15) is 0 Å². The first-order valence-corrected chi connectivity index (χ1v) is 5.46. The topological polar surface area (TPSA) is 68.0 Å². The quantitative estimate of drug-likeness (QED) is 0.818. The van der Waals surface area contributed by atoms with E-state index in [1.165, 1.54) is 6.20 Å². The highest BCUT2D eigenvalue weighted by Gasteiger charge is 2.15. The summed E-state index contributed by atoms with van der Waals surface area (Å²) < 4.78 is 26.0. The molecule has 6 heteroatoms. The van der Waals surface area contributed by atoms with Crippen molar-refractivity contribution in [1.29, 1.82) is 0 Å². The van der Waals surface area contributed by atoms with Crippen molar-refractivity contribution >= 4 is 17.4 Å². The molecule has 0 bridgehead atoms. The molecule has 2 aromatic rings. The van der Waals surface area contributed by atoms with Gasteiger partial charge in [-0.15, -0.1) is 0 Å². The summed E-state index contributed by atoms with van der Waals surface area (Å²) in [5, 5.41) is 2.49. The lowest BCUT2D eigenvalue weighted by molar-refractivity contribution is 0.102. The average Bonchev–Trinajstić information content (AvgIpc) is 2.36. The molecule has 1 aromatic heterocycles. The van der Waals surface area contributed by atoms with Crippen molar-refractivity contribution in [3.8, 4) is 0 Å². The van der Waals surface area contributed by atoms with E-state index in [1.807, 2.05) is 0 Å². The van der Waals surface area contributed by atoms with E-state index < -0.39 is 17.5 Å². The molecular weight excluding hydrogens is 252 g/mol. The van der Waals surface area contributed by atoms with Crippen LogP contribution >= 0.6 is 0 Å². The Morgan fingerprint density at radius 2 is 2.00 bits per heavy atom. The molecule has 0 fully saturated rings. The lowest BCUT2D eigenvalue weighted by atomic mass is 10.1. The van der Waals surface area contributed by atoms with Crippen LogP contribution in [0.2, 0.25) is 0 Å². The molecule has 0 atom stereocenters. The Labute approximate surface area is 108 Å². The van der Waals surface area contributed by atoms with Crippen molar-refractivity contribution in [2.75, 3.05) is 11.1 Å². The molecule has 0 spiro atoms. The van der Waals surface area contributed by atoms with Crippen LogP contribution in [0.15, 0.2) is 30.5 Å². The van der Waals surface area contributed by atoms with Crippen molar-refractivity contribution in [2.45, 2.75) is 6.92 Å². The summed E-state index contributed by atoms with van der Waals surface area (Å²) >= 11 is 0. The van der Waals surface area contributed by atoms with Crippen LogP contribution in [0, 0.1) is 18.6 Å². The number of halogens is 2. The minimum atomic E-state index is -1.13. The minimum absolute atomic E-state index is 0.134. The first-order valence-electron chi connectivity index (χ1n) is 5.46. The zero-order chi connectivity index (χ0) is 14.0. The fourth-order valence-electron chi connectivity index (χ4n) is 1.55. The highest BCUT2D eigenvalue weighted by Crippen LogP contribution is 2.19. The maximum atomic E-state index is 13.1. The molecule has 2 rings (SSSR count). The zero-order valence-corrected chi connectivity index (χ0v) is 10.1. The molecule has 4 nitrogen and oxygen atoms in total. The van der Waals surface area contributed by atoms with Gasteiger partial charge in [0.1, 0.15) is 5.82 Å². The van der Waals surface area contributed by atoms with Crippen LogP contribution in [0.4, 0.5) is 20.3 Å². The number of amides is 1. The van der Waals surface area contributed by atoms with Gasteiger partial charge in [0.2, 0.25) is 0 Å². The Morgan fingerprint density at radius 1 is 1.32 bits per heavy atom. The highest BCUT2D eigenvalue weighted by molar-refractivity contribution is 6.07. The van der Waals surface area contributed by atoms with Gasteiger partial charge in [-0.25, -0.2) is 13.8 Å².